The number of halogens is 1. The Morgan fingerprint density at radius 1 is 1.12 bits per heavy atom. The number of aromatic nitrogens is 4. The molecule has 1 aliphatic heterocycles. The monoisotopic (exact) mass is 628 g/mol. The fraction of sp³-hybridized carbons (Fsp3) is 0.778. The molecule has 2 aromatic heterocycles. The Hall–Kier alpha value is -1.46. The smallest absolute Gasteiger partial charge is 0.343 e. The zero-order chi connectivity index (χ0) is 30.8. The Bertz CT molecular complexity index is 1160. The van der Waals surface area contributed by atoms with Gasteiger partial charge in [0, 0.05) is 13.0 Å². The number of aliphatic hydroxyl groups is 1. The van der Waals surface area contributed by atoms with Crippen LogP contribution in [0.2, 0.25) is 27.3 Å². The number of amides is 1. The maximum Gasteiger partial charge on any atom is 0.343 e. The quantitative estimate of drug-likeness (QED) is 0.219. The summed E-state index contributed by atoms with van der Waals surface area (Å²) in [6, 6.07) is 0. The van der Waals surface area contributed by atoms with E-state index in [-0.39, 0.29) is 40.6 Å². The van der Waals surface area contributed by atoms with Crippen LogP contribution in [-0.2, 0) is 22.8 Å². The molecular formula is C27H47ClN5O6Si2. The molecule has 2 N–H and O–H groups in total. The molecule has 2 aromatic rings. The van der Waals surface area contributed by atoms with Crippen molar-refractivity contribution in [2.45, 2.75) is 116 Å². The summed E-state index contributed by atoms with van der Waals surface area (Å²) in [5, 5.41) is 14.6. The molecule has 3 rings (SSSR count). The summed E-state index contributed by atoms with van der Waals surface area (Å²) in [6.45, 7) is 20.9. The first kappa shape index (κ1) is 34.0. The van der Waals surface area contributed by atoms with Gasteiger partial charge in [0.05, 0.1) is 12.9 Å². The molecule has 0 aliphatic carbocycles. The van der Waals surface area contributed by atoms with Crippen LogP contribution in [0.3, 0.4) is 0 Å². The van der Waals surface area contributed by atoms with Crippen LogP contribution in [0.15, 0.2) is 6.33 Å². The fourth-order valence-electron chi connectivity index (χ4n) is 5.46. The van der Waals surface area contributed by atoms with Gasteiger partial charge in [-0.05, 0) is 22.2 Å². The molecule has 0 bridgehead atoms. The lowest BCUT2D eigenvalue weighted by Crippen LogP contribution is -2.54. The van der Waals surface area contributed by atoms with Crippen LogP contribution in [0.4, 0.5) is 5.95 Å². The van der Waals surface area contributed by atoms with E-state index < -0.39 is 42.1 Å². The summed E-state index contributed by atoms with van der Waals surface area (Å²) in [4.78, 5) is 25.4. The van der Waals surface area contributed by atoms with Crippen LogP contribution >= 0.6 is 11.6 Å². The third-order valence-corrected chi connectivity index (χ3v) is 15.1. The van der Waals surface area contributed by atoms with Crippen molar-refractivity contribution in [3.8, 4) is 0 Å². The first-order valence-corrected chi connectivity index (χ1v) is 18.3. The highest BCUT2D eigenvalue weighted by Crippen LogP contribution is 2.41. The second-order valence-electron chi connectivity index (χ2n) is 12.2. The van der Waals surface area contributed by atoms with E-state index in [4.69, 9.17) is 29.6 Å². The molecule has 0 spiro atoms. The lowest BCUT2D eigenvalue weighted by Gasteiger charge is -2.40. The average Bonchev–Trinajstić information content (AvgIpc) is 3.42. The van der Waals surface area contributed by atoms with Gasteiger partial charge < -0.3 is 23.1 Å². The number of nitrogens with zero attached hydrogens (tertiary/aromatic N) is 4. The highest BCUT2D eigenvalue weighted by molar-refractivity contribution is 6.70. The minimum absolute atomic E-state index is 0.0506. The Morgan fingerprint density at radius 3 is 2.24 bits per heavy atom. The number of rotatable bonds is 13. The Balaban J connectivity index is 2.03. The molecule has 3 heterocycles. The van der Waals surface area contributed by atoms with Crippen molar-refractivity contribution >= 4 is 52.2 Å². The van der Waals surface area contributed by atoms with Crippen molar-refractivity contribution in [2.24, 2.45) is 5.92 Å². The van der Waals surface area contributed by atoms with Crippen LogP contribution in [-0.4, -0.2) is 80.2 Å². The lowest BCUT2D eigenvalue weighted by atomic mass is 10.1. The van der Waals surface area contributed by atoms with Gasteiger partial charge in [0.25, 0.3) is 0 Å². The SMILES string of the molecule is CO[Si](O[C@H]1[C@@H](O)[C@H](n2cnc3c(Cl)nc(NC(=O)C(C)C)nc32)O[C@@H]1CO[Si](C(C)C)C(C)C)(C(C)C)C(C)C. The molecule has 4 atom stereocenters. The van der Waals surface area contributed by atoms with Crippen LogP contribution in [0, 0.1) is 5.92 Å². The summed E-state index contributed by atoms with van der Waals surface area (Å²) in [5.74, 6) is -0.466. The molecule has 1 aliphatic rings. The molecule has 1 saturated heterocycles. The van der Waals surface area contributed by atoms with Crippen LogP contribution in [0.5, 0.6) is 0 Å². The maximum atomic E-state index is 12.3. The molecule has 1 radical (unpaired) electrons. The topological polar surface area (TPSA) is 130 Å². The van der Waals surface area contributed by atoms with E-state index in [9.17, 15) is 9.90 Å². The minimum atomic E-state index is -2.79. The van der Waals surface area contributed by atoms with Crippen molar-refractivity contribution in [1.82, 2.24) is 19.5 Å². The van der Waals surface area contributed by atoms with Gasteiger partial charge in [0.2, 0.25) is 20.9 Å². The van der Waals surface area contributed by atoms with Crippen LogP contribution in [0.1, 0.15) is 75.5 Å². The largest absolute Gasteiger partial charge is 0.413 e. The summed E-state index contributed by atoms with van der Waals surface area (Å²) in [6.07, 6.45) is -1.75. The second kappa shape index (κ2) is 13.9. The molecule has 231 valence electrons. The number of nitrogens with one attached hydrogen (secondary N) is 1. The zero-order valence-electron chi connectivity index (χ0n) is 26.1. The number of carbonyl (C=O) groups is 1. The first-order chi connectivity index (χ1) is 19.1. The van der Waals surface area contributed by atoms with E-state index in [1.807, 2.05) is 0 Å². The molecule has 14 heteroatoms. The lowest BCUT2D eigenvalue weighted by molar-refractivity contribution is -0.118. The molecule has 1 amide bonds. The Labute approximate surface area is 251 Å². The van der Waals surface area contributed by atoms with Gasteiger partial charge in [-0.15, -0.1) is 0 Å². The average molecular weight is 629 g/mol. The third-order valence-electron chi connectivity index (χ3n) is 7.52. The number of imidazole rings is 1. The minimum Gasteiger partial charge on any atom is -0.413 e. The van der Waals surface area contributed by atoms with Gasteiger partial charge in [-0.25, -0.2) is 4.98 Å². The van der Waals surface area contributed by atoms with E-state index in [2.05, 4.69) is 75.7 Å². The molecule has 41 heavy (non-hydrogen) atoms. The highest BCUT2D eigenvalue weighted by atomic mass is 35.5. The third kappa shape index (κ3) is 7.20. The van der Waals surface area contributed by atoms with Gasteiger partial charge in [-0.1, -0.05) is 80.8 Å². The molecular weight excluding hydrogens is 582 g/mol. The standard InChI is InChI=1S/C27H47ClN5O6Si2/c1-14(2)25(35)32-27-30-23(28)20-24(31-27)33(13-29-20)26-21(34)22(39-41(36-11,17(7)8)18(9)10)19(38-26)12-37-40(15(3)4)16(5)6/h13-19,21-22,26,34H,12H2,1-11H3,(H,30,31,32,35)/t19-,21-,22-,26-/m1/s1. The first-order valence-electron chi connectivity index (χ1n) is 14.4. The van der Waals surface area contributed by atoms with Crippen LogP contribution < -0.4 is 5.32 Å². The molecule has 1 fully saturated rings. The van der Waals surface area contributed by atoms with Crippen molar-refractivity contribution in [3.63, 3.8) is 0 Å². The predicted octanol–water partition coefficient (Wildman–Crippen LogP) is 5.45. The predicted molar refractivity (Wildman–Crippen MR) is 163 cm³/mol. The number of anilines is 1. The van der Waals surface area contributed by atoms with Gasteiger partial charge in [-0.3, -0.25) is 14.7 Å². The molecule has 0 aromatic carbocycles. The molecule has 0 saturated carbocycles. The second-order valence-corrected chi connectivity index (χ2v) is 20.4. The maximum absolute atomic E-state index is 12.3. The van der Waals surface area contributed by atoms with E-state index >= 15 is 0 Å². The number of carbonyl (C=O) groups excluding carboxylic acids is 1. The number of ether oxygens (including phenoxy) is 1. The van der Waals surface area contributed by atoms with Gasteiger partial charge in [0.1, 0.15) is 23.8 Å². The summed E-state index contributed by atoms with van der Waals surface area (Å²) < 4.78 is 27.6. The Morgan fingerprint density at radius 2 is 1.73 bits per heavy atom. The van der Waals surface area contributed by atoms with Crippen LogP contribution in [0.25, 0.3) is 11.2 Å². The van der Waals surface area contributed by atoms with E-state index in [0.29, 0.717) is 22.2 Å². The van der Waals surface area contributed by atoms with Gasteiger partial charge in [-0.2, -0.15) is 9.97 Å². The molecule has 0 unspecified atom stereocenters. The van der Waals surface area contributed by atoms with Gasteiger partial charge in [0.15, 0.2) is 17.0 Å². The number of hydrogen-bond donors (Lipinski definition) is 2. The van der Waals surface area contributed by atoms with Crippen molar-refractivity contribution < 1.29 is 27.9 Å². The van der Waals surface area contributed by atoms with Crippen molar-refractivity contribution in [2.75, 3.05) is 19.0 Å². The summed E-state index contributed by atoms with van der Waals surface area (Å²) >= 11 is 6.42. The summed E-state index contributed by atoms with van der Waals surface area (Å²) in [5.41, 5.74) is 1.70. The number of aliphatic hydroxyl groups excluding tert-OH is 1. The fourth-order valence-corrected chi connectivity index (χ4v) is 11.7. The van der Waals surface area contributed by atoms with E-state index in [0.717, 1.165) is 0 Å². The van der Waals surface area contributed by atoms with E-state index in [1.165, 1.54) is 6.33 Å². The number of fused-ring (bicyclic) bond motifs is 1. The zero-order valence-corrected chi connectivity index (χ0v) is 28.9. The summed E-state index contributed by atoms with van der Waals surface area (Å²) in [7, 11) is -2.26. The number of hydrogen-bond acceptors (Lipinski definition) is 9. The Kier molecular flexibility index (Phi) is 11.5. The molecule has 11 nitrogen and oxygen atoms in total. The normalized spacial score (nSPS) is 22.0. The van der Waals surface area contributed by atoms with Crippen molar-refractivity contribution in [3.05, 3.63) is 11.5 Å². The van der Waals surface area contributed by atoms with Gasteiger partial charge >= 0.3 is 8.56 Å². The van der Waals surface area contributed by atoms with E-state index in [1.54, 1.807) is 25.5 Å². The van der Waals surface area contributed by atoms with Crippen molar-refractivity contribution in [1.29, 1.82) is 0 Å². The highest BCUT2D eigenvalue weighted by Gasteiger charge is 2.54.